The van der Waals surface area contributed by atoms with Crippen LogP contribution in [0.1, 0.15) is 37.5 Å². The van der Waals surface area contributed by atoms with Gasteiger partial charge >= 0.3 is 0 Å². The van der Waals surface area contributed by atoms with E-state index in [1.54, 1.807) is 6.07 Å². The van der Waals surface area contributed by atoms with Gasteiger partial charge in [-0.05, 0) is 35.7 Å². The number of nitrogens with zero attached hydrogens (tertiary/aromatic N) is 4. The summed E-state index contributed by atoms with van der Waals surface area (Å²) in [5, 5.41) is 25.6. The summed E-state index contributed by atoms with van der Waals surface area (Å²) in [4.78, 5) is 0. The van der Waals surface area contributed by atoms with Crippen LogP contribution in [0, 0.1) is 22.7 Å². The lowest BCUT2D eigenvalue weighted by Crippen LogP contribution is -2.21. The molecule has 2 aromatic heterocycles. The Bertz CT molecular complexity index is 1970. The molecule has 5 aromatic carbocycles. The number of nitriles is 2. The predicted molar refractivity (Wildman–Crippen MR) is 163 cm³/mol. The zero-order valence-corrected chi connectivity index (χ0v) is 22.6. The van der Waals surface area contributed by atoms with E-state index in [1.807, 2.05) is 24.3 Å². The van der Waals surface area contributed by atoms with Crippen LogP contribution in [0.2, 0.25) is 0 Å². The highest BCUT2D eigenvalue weighted by Crippen LogP contribution is 2.44. The summed E-state index contributed by atoms with van der Waals surface area (Å²) in [5.41, 5.74) is 7.28. The van der Waals surface area contributed by atoms with Crippen molar-refractivity contribution in [3.05, 3.63) is 120 Å². The van der Waals surface area contributed by atoms with Gasteiger partial charge in [0.25, 0.3) is 0 Å². The monoisotopic (exact) mass is 514 g/mol. The number of benzene rings is 5. The first-order valence-electron chi connectivity index (χ1n) is 13.4. The molecule has 2 heterocycles. The highest BCUT2D eigenvalue weighted by molar-refractivity contribution is 6.11. The Balaban J connectivity index is 1.77. The number of hydrogen-bond donors (Lipinski definition) is 0. The van der Waals surface area contributed by atoms with Crippen molar-refractivity contribution >= 4 is 43.6 Å². The van der Waals surface area contributed by atoms with Crippen molar-refractivity contribution in [2.75, 3.05) is 0 Å². The Morgan fingerprint density at radius 3 is 1.07 bits per heavy atom. The van der Waals surface area contributed by atoms with E-state index in [0.29, 0.717) is 11.1 Å². The van der Waals surface area contributed by atoms with Gasteiger partial charge in [-0.3, -0.25) is 0 Å². The predicted octanol–water partition coefficient (Wildman–Crippen LogP) is 8.92. The van der Waals surface area contributed by atoms with Gasteiger partial charge in [0, 0.05) is 27.1 Å². The molecule has 7 rings (SSSR count). The molecule has 0 amide bonds. The number of para-hydroxylation sites is 4. The SMILES string of the molecule is CC(C)(C)c1c(-n2c3ccccc3c3ccccc32)c(C#N)cc(C#N)c1-n1c2ccccc2c2ccccc21. The van der Waals surface area contributed by atoms with Gasteiger partial charge < -0.3 is 9.13 Å². The lowest BCUT2D eigenvalue weighted by molar-refractivity contribution is 0.584. The van der Waals surface area contributed by atoms with E-state index < -0.39 is 5.41 Å². The minimum atomic E-state index is -0.415. The average molecular weight is 515 g/mol. The molecule has 0 aliphatic carbocycles. The van der Waals surface area contributed by atoms with Crippen molar-refractivity contribution in [3.8, 4) is 23.5 Å². The molecule has 0 N–H and O–H groups in total. The molecule has 40 heavy (non-hydrogen) atoms. The number of rotatable bonds is 2. The first-order valence-corrected chi connectivity index (χ1v) is 13.4. The molecule has 0 saturated carbocycles. The molecule has 0 bridgehead atoms. The van der Waals surface area contributed by atoms with Crippen molar-refractivity contribution in [1.82, 2.24) is 9.13 Å². The molecule has 190 valence electrons. The van der Waals surface area contributed by atoms with Gasteiger partial charge in [0.05, 0.1) is 44.6 Å². The first kappa shape index (κ1) is 23.8. The van der Waals surface area contributed by atoms with Crippen molar-refractivity contribution < 1.29 is 0 Å². The van der Waals surface area contributed by atoms with Crippen molar-refractivity contribution in [3.63, 3.8) is 0 Å². The Morgan fingerprint density at radius 1 is 0.500 bits per heavy atom. The Hall–Kier alpha value is -5.32. The van der Waals surface area contributed by atoms with E-state index in [4.69, 9.17) is 0 Å². The van der Waals surface area contributed by atoms with Crippen molar-refractivity contribution in [2.24, 2.45) is 0 Å². The van der Waals surface area contributed by atoms with Gasteiger partial charge in [0.15, 0.2) is 0 Å². The third-order valence-electron chi connectivity index (χ3n) is 7.87. The van der Waals surface area contributed by atoms with Crippen LogP contribution in [0.15, 0.2) is 103 Å². The smallest absolute Gasteiger partial charge is 0.101 e. The van der Waals surface area contributed by atoms with Crippen LogP contribution >= 0.6 is 0 Å². The average Bonchev–Trinajstić information content (AvgIpc) is 3.48. The molecule has 0 aliphatic rings. The van der Waals surface area contributed by atoms with Gasteiger partial charge in [-0.2, -0.15) is 10.5 Å². The normalized spacial score (nSPS) is 11.8. The summed E-state index contributed by atoms with van der Waals surface area (Å²) >= 11 is 0. The van der Waals surface area contributed by atoms with Crippen molar-refractivity contribution in [1.29, 1.82) is 10.5 Å². The van der Waals surface area contributed by atoms with Crippen LogP contribution in [0.3, 0.4) is 0 Å². The second-order valence-corrected chi connectivity index (χ2v) is 11.3. The summed E-state index contributed by atoms with van der Waals surface area (Å²) < 4.78 is 4.45. The minimum Gasteiger partial charge on any atom is -0.308 e. The van der Waals surface area contributed by atoms with E-state index in [1.165, 1.54) is 0 Å². The van der Waals surface area contributed by atoms with Crippen LogP contribution in [0.25, 0.3) is 55.0 Å². The Morgan fingerprint density at radius 2 is 0.800 bits per heavy atom. The Labute approximate surface area is 232 Å². The fraction of sp³-hybridized carbons (Fsp3) is 0.111. The van der Waals surface area contributed by atoms with E-state index in [-0.39, 0.29) is 0 Å². The fourth-order valence-corrected chi connectivity index (χ4v) is 6.33. The van der Waals surface area contributed by atoms with Gasteiger partial charge in [0.1, 0.15) is 12.1 Å². The first-order chi connectivity index (χ1) is 19.4. The molecule has 4 nitrogen and oxygen atoms in total. The maximum Gasteiger partial charge on any atom is 0.101 e. The minimum absolute atomic E-state index is 0.415. The largest absolute Gasteiger partial charge is 0.308 e. The maximum absolute atomic E-state index is 10.6. The van der Waals surface area contributed by atoms with E-state index in [2.05, 4.69) is 115 Å². The molecule has 0 aliphatic heterocycles. The van der Waals surface area contributed by atoms with Crippen molar-refractivity contribution in [2.45, 2.75) is 26.2 Å². The van der Waals surface area contributed by atoms with Crippen LogP contribution < -0.4 is 0 Å². The standard InChI is InChI=1S/C36H26N4/c1-36(2,3)33-34(39-29-16-8-4-12-25(29)26-13-5-9-17-30(26)39)23(21-37)20-24(22-38)35(33)40-31-18-10-6-14-27(31)28-15-7-11-19-32(28)40/h4-20H,1-3H3. The highest BCUT2D eigenvalue weighted by atomic mass is 15.0. The fourth-order valence-electron chi connectivity index (χ4n) is 6.33. The Kier molecular flexibility index (Phi) is 5.11. The second kappa shape index (κ2) is 8.60. The van der Waals surface area contributed by atoms with E-state index in [0.717, 1.165) is 60.5 Å². The third kappa shape index (κ3) is 3.24. The zero-order valence-electron chi connectivity index (χ0n) is 22.6. The number of fused-ring (bicyclic) bond motifs is 6. The van der Waals surface area contributed by atoms with Crippen LogP contribution in [-0.2, 0) is 5.41 Å². The van der Waals surface area contributed by atoms with Gasteiger partial charge in [-0.1, -0.05) is 93.6 Å². The molecule has 7 aromatic rings. The zero-order chi connectivity index (χ0) is 27.6. The summed E-state index contributed by atoms with van der Waals surface area (Å²) in [6, 6.07) is 40.1. The summed E-state index contributed by atoms with van der Waals surface area (Å²) in [7, 11) is 0. The quantitative estimate of drug-likeness (QED) is 0.231. The number of aromatic nitrogens is 2. The van der Waals surface area contributed by atoms with Gasteiger partial charge in [0.2, 0.25) is 0 Å². The van der Waals surface area contributed by atoms with Crippen LogP contribution in [-0.4, -0.2) is 9.13 Å². The van der Waals surface area contributed by atoms with Crippen LogP contribution in [0.5, 0.6) is 0 Å². The molecule has 0 fully saturated rings. The topological polar surface area (TPSA) is 57.4 Å². The molecular formula is C36H26N4. The van der Waals surface area contributed by atoms with Gasteiger partial charge in [-0.25, -0.2) is 0 Å². The molecule has 0 saturated heterocycles. The summed E-state index contributed by atoms with van der Waals surface area (Å²) in [6.07, 6.45) is 0. The maximum atomic E-state index is 10.6. The number of hydrogen-bond acceptors (Lipinski definition) is 2. The third-order valence-corrected chi connectivity index (χ3v) is 7.87. The lowest BCUT2D eigenvalue weighted by atomic mass is 9.81. The molecule has 0 atom stereocenters. The molecule has 0 unspecified atom stereocenters. The molecule has 4 heteroatoms. The van der Waals surface area contributed by atoms with E-state index in [9.17, 15) is 10.5 Å². The second-order valence-electron chi connectivity index (χ2n) is 11.3. The van der Waals surface area contributed by atoms with Gasteiger partial charge in [-0.15, -0.1) is 0 Å². The van der Waals surface area contributed by atoms with Crippen LogP contribution in [0.4, 0.5) is 0 Å². The summed E-state index contributed by atoms with van der Waals surface area (Å²) in [6.45, 7) is 6.50. The highest BCUT2D eigenvalue weighted by Gasteiger charge is 2.32. The molecular weight excluding hydrogens is 488 g/mol. The lowest BCUT2D eigenvalue weighted by Gasteiger charge is -2.30. The summed E-state index contributed by atoms with van der Waals surface area (Å²) in [5.74, 6) is 0. The molecule has 0 spiro atoms. The molecule has 0 radical (unpaired) electrons. The van der Waals surface area contributed by atoms with E-state index >= 15 is 0 Å².